The summed E-state index contributed by atoms with van der Waals surface area (Å²) in [5.41, 5.74) is 2.56. The van der Waals surface area contributed by atoms with Gasteiger partial charge in [-0.2, -0.15) is 0 Å². The normalized spacial score (nSPS) is 16.7. The molecule has 1 aliphatic rings. The molecule has 1 heterocycles. The van der Waals surface area contributed by atoms with Crippen LogP contribution in [0.4, 0.5) is 0 Å². The van der Waals surface area contributed by atoms with Gasteiger partial charge in [0.05, 0.1) is 0 Å². The molecule has 0 unspecified atom stereocenters. The number of hydrogen-bond acceptors (Lipinski definition) is 1. The maximum Gasteiger partial charge on any atom is 0.128 e. The lowest BCUT2D eigenvalue weighted by atomic mass is 9.86. The SMILES string of the molecule is CC(C)(C)c1ccc(C(=N)N2CCCCC2)cc1. The van der Waals surface area contributed by atoms with Crippen molar-refractivity contribution in [2.75, 3.05) is 13.1 Å². The van der Waals surface area contributed by atoms with Gasteiger partial charge < -0.3 is 4.90 Å². The molecule has 0 aliphatic carbocycles. The molecular weight excluding hydrogens is 220 g/mol. The van der Waals surface area contributed by atoms with Crippen LogP contribution in [0.2, 0.25) is 0 Å². The lowest BCUT2D eigenvalue weighted by molar-refractivity contribution is 0.341. The van der Waals surface area contributed by atoms with Crippen molar-refractivity contribution in [3.05, 3.63) is 35.4 Å². The van der Waals surface area contributed by atoms with E-state index in [-0.39, 0.29) is 5.41 Å². The minimum Gasteiger partial charge on any atom is -0.357 e. The van der Waals surface area contributed by atoms with Gasteiger partial charge in [0.1, 0.15) is 5.84 Å². The molecule has 1 saturated heterocycles. The first kappa shape index (κ1) is 13.1. The van der Waals surface area contributed by atoms with Crippen molar-refractivity contribution < 1.29 is 0 Å². The summed E-state index contributed by atoms with van der Waals surface area (Å²) in [7, 11) is 0. The summed E-state index contributed by atoms with van der Waals surface area (Å²) >= 11 is 0. The van der Waals surface area contributed by atoms with Crippen LogP contribution in [0.3, 0.4) is 0 Å². The van der Waals surface area contributed by atoms with Crippen molar-refractivity contribution >= 4 is 5.84 Å². The van der Waals surface area contributed by atoms with Crippen molar-refractivity contribution in [2.24, 2.45) is 0 Å². The number of likely N-dealkylation sites (tertiary alicyclic amines) is 1. The Bertz CT molecular complexity index is 406. The maximum absolute atomic E-state index is 8.28. The molecule has 0 bridgehead atoms. The van der Waals surface area contributed by atoms with Crippen LogP contribution in [0, 0.1) is 5.41 Å². The highest BCUT2D eigenvalue weighted by molar-refractivity contribution is 5.96. The van der Waals surface area contributed by atoms with Crippen LogP contribution in [-0.4, -0.2) is 23.8 Å². The number of nitrogens with one attached hydrogen (secondary N) is 1. The fourth-order valence-corrected chi connectivity index (χ4v) is 2.43. The lowest BCUT2D eigenvalue weighted by Crippen LogP contribution is -2.35. The number of amidine groups is 1. The Labute approximate surface area is 111 Å². The van der Waals surface area contributed by atoms with Gasteiger partial charge in [0, 0.05) is 18.7 Å². The van der Waals surface area contributed by atoms with Crippen LogP contribution in [0.25, 0.3) is 0 Å². The fourth-order valence-electron chi connectivity index (χ4n) is 2.43. The standard InChI is InChI=1S/C16H24N2/c1-16(2,3)14-9-7-13(8-10-14)15(17)18-11-5-4-6-12-18/h7-10,17H,4-6,11-12H2,1-3H3. The van der Waals surface area contributed by atoms with E-state index in [0.29, 0.717) is 5.84 Å². The average molecular weight is 244 g/mol. The average Bonchev–Trinajstić information content (AvgIpc) is 2.38. The summed E-state index contributed by atoms with van der Waals surface area (Å²) in [4.78, 5) is 2.20. The van der Waals surface area contributed by atoms with Gasteiger partial charge in [0.2, 0.25) is 0 Å². The molecule has 0 saturated carbocycles. The zero-order valence-corrected chi connectivity index (χ0v) is 11.8. The monoisotopic (exact) mass is 244 g/mol. The highest BCUT2D eigenvalue weighted by Crippen LogP contribution is 2.23. The summed E-state index contributed by atoms with van der Waals surface area (Å²) in [5, 5.41) is 8.28. The largest absolute Gasteiger partial charge is 0.357 e. The van der Waals surface area contributed by atoms with Crippen molar-refractivity contribution in [3.8, 4) is 0 Å². The van der Waals surface area contributed by atoms with Crippen LogP contribution >= 0.6 is 0 Å². The molecule has 1 N–H and O–H groups in total. The second kappa shape index (κ2) is 5.13. The minimum absolute atomic E-state index is 0.186. The zero-order chi connectivity index (χ0) is 13.2. The third-order valence-electron chi connectivity index (χ3n) is 3.70. The Morgan fingerprint density at radius 2 is 1.56 bits per heavy atom. The molecule has 0 spiro atoms. The Morgan fingerprint density at radius 1 is 1.00 bits per heavy atom. The number of piperidine rings is 1. The molecule has 0 atom stereocenters. The number of hydrogen-bond donors (Lipinski definition) is 1. The van der Waals surface area contributed by atoms with Crippen LogP contribution in [0.1, 0.15) is 51.2 Å². The number of benzene rings is 1. The smallest absolute Gasteiger partial charge is 0.128 e. The second-order valence-electron chi connectivity index (χ2n) is 6.22. The molecule has 1 aromatic rings. The van der Waals surface area contributed by atoms with Gasteiger partial charge in [-0.05, 0) is 30.2 Å². The number of nitrogens with zero attached hydrogens (tertiary/aromatic N) is 1. The second-order valence-corrected chi connectivity index (χ2v) is 6.22. The van der Waals surface area contributed by atoms with Gasteiger partial charge in [-0.25, -0.2) is 0 Å². The van der Waals surface area contributed by atoms with E-state index in [1.165, 1.54) is 24.8 Å². The maximum atomic E-state index is 8.28. The Kier molecular flexibility index (Phi) is 3.74. The van der Waals surface area contributed by atoms with Gasteiger partial charge in [-0.15, -0.1) is 0 Å². The summed E-state index contributed by atoms with van der Waals surface area (Å²) in [6.45, 7) is 8.74. The van der Waals surface area contributed by atoms with Crippen LogP contribution in [0.5, 0.6) is 0 Å². The molecule has 1 fully saturated rings. The van der Waals surface area contributed by atoms with Crippen molar-refractivity contribution in [1.82, 2.24) is 4.90 Å². The van der Waals surface area contributed by atoms with E-state index in [0.717, 1.165) is 18.7 Å². The first-order valence-electron chi connectivity index (χ1n) is 6.93. The Morgan fingerprint density at radius 3 is 2.06 bits per heavy atom. The molecule has 0 amide bonds. The molecule has 0 radical (unpaired) electrons. The minimum atomic E-state index is 0.186. The van der Waals surface area contributed by atoms with E-state index >= 15 is 0 Å². The van der Waals surface area contributed by atoms with E-state index < -0.39 is 0 Å². The van der Waals surface area contributed by atoms with E-state index in [1.807, 2.05) is 0 Å². The van der Waals surface area contributed by atoms with Gasteiger partial charge in [-0.1, -0.05) is 45.0 Å². The first-order chi connectivity index (χ1) is 8.48. The number of rotatable bonds is 1. The Balaban J connectivity index is 2.11. The lowest BCUT2D eigenvalue weighted by Gasteiger charge is -2.29. The molecule has 0 aromatic heterocycles. The third-order valence-corrected chi connectivity index (χ3v) is 3.70. The van der Waals surface area contributed by atoms with E-state index in [2.05, 4.69) is 49.9 Å². The van der Waals surface area contributed by atoms with Gasteiger partial charge in [-0.3, -0.25) is 5.41 Å². The summed E-state index contributed by atoms with van der Waals surface area (Å²) < 4.78 is 0. The van der Waals surface area contributed by atoms with Crippen LogP contribution in [-0.2, 0) is 5.41 Å². The van der Waals surface area contributed by atoms with Gasteiger partial charge in [0.25, 0.3) is 0 Å². The summed E-state index contributed by atoms with van der Waals surface area (Å²) in [6, 6.07) is 8.51. The summed E-state index contributed by atoms with van der Waals surface area (Å²) in [6.07, 6.45) is 3.76. The highest BCUT2D eigenvalue weighted by atomic mass is 15.2. The molecule has 98 valence electrons. The predicted molar refractivity (Wildman–Crippen MR) is 77.4 cm³/mol. The van der Waals surface area contributed by atoms with Gasteiger partial charge >= 0.3 is 0 Å². The van der Waals surface area contributed by atoms with Gasteiger partial charge in [0.15, 0.2) is 0 Å². The van der Waals surface area contributed by atoms with Crippen molar-refractivity contribution in [3.63, 3.8) is 0 Å². The third kappa shape index (κ3) is 2.92. The first-order valence-corrected chi connectivity index (χ1v) is 6.93. The van der Waals surface area contributed by atoms with Crippen LogP contribution < -0.4 is 0 Å². The molecule has 2 nitrogen and oxygen atoms in total. The molecule has 1 aliphatic heterocycles. The fraction of sp³-hybridized carbons (Fsp3) is 0.562. The molecule has 2 rings (SSSR count). The van der Waals surface area contributed by atoms with E-state index in [9.17, 15) is 0 Å². The molecular formula is C16H24N2. The quantitative estimate of drug-likeness (QED) is 0.590. The highest BCUT2D eigenvalue weighted by Gasteiger charge is 2.17. The van der Waals surface area contributed by atoms with Crippen LogP contribution in [0.15, 0.2) is 24.3 Å². The van der Waals surface area contributed by atoms with E-state index in [4.69, 9.17) is 5.41 Å². The topological polar surface area (TPSA) is 27.1 Å². The molecule has 1 aromatic carbocycles. The van der Waals surface area contributed by atoms with Crippen molar-refractivity contribution in [1.29, 1.82) is 5.41 Å². The van der Waals surface area contributed by atoms with E-state index in [1.54, 1.807) is 0 Å². The molecule has 18 heavy (non-hydrogen) atoms. The Hall–Kier alpha value is -1.31. The van der Waals surface area contributed by atoms with Crippen molar-refractivity contribution in [2.45, 2.75) is 45.4 Å². The summed E-state index contributed by atoms with van der Waals surface area (Å²) in [5.74, 6) is 0.690. The molecule has 2 heteroatoms. The predicted octanol–water partition coefficient (Wildman–Crippen LogP) is 3.80. The zero-order valence-electron chi connectivity index (χ0n) is 11.8.